The minimum atomic E-state index is -1.03. The van der Waals surface area contributed by atoms with E-state index in [1.54, 1.807) is 42.6 Å². The zero-order valence-electron chi connectivity index (χ0n) is 23.7. The second-order valence-electron chi connectivity index (χ2n) is 9.80. The molecule has 0 aliphatic rings. The third kappa shape index (κ3) is 13.3. The molecular formula is C33H45NO5. The van der Waals surface area contributed by atoms with E-state index >= 15 is 0 Å². The molecule has 2 rings (SSSR count). The Bertz CT molecular complexity index is 1060. The number of carbonyl (C=O) groups is 2. The number of ether oxygens (including phenoxy) is 2. The van der Waals surface area contributed by atoms with Gasteiger partial charge in [-0.1, -0.05) is 82.6 Å². The number of unbranched alkanes of at least 4 members (excludes halogenated alkanes) is 11. The average Bonchev–Trinajstić information content (AvgIpc) is 2.94. The number of allylic oxidation sites excluding steroid dienone is 2. The molecule has 0 aliphatic heterocycles. The van der Waals surface area contributed by atoms with Crippen molar-refractivity contribution in [1.29, 1.82) is 0 Å². The fourth-order valence-electron chi connectivity index (χ4n) is 4.27. The summed E-state index contributed by atoms with van der Waals surface area (Å²) in [5.41, 5.74) is 1.19. The number of hydrogen-bond donors (Lipinski definition) is 1. The van der Waals surface area contributed by atoms with E-state index in [0.717, 1.165) is 25.7 Å². The van der Waals surface area contributed by atoms with E-state index in [2.05, 4.69) is 24.1 Å². The van der Waals surface area contributed by atoms with Gasteiger partial charge < -0.3 is 14.6 Å². The van der Waals surface area contributed by atoms with E-state index in [-0.39, 0.29) is 11.5 Å². The molecule has 0 radical (unpaired) electrons. The summed E-state index contributed by atoms with van der Waals surface area (Å²) in [4.78, 5) is 28.0. The molecule has 0 amide bonds. The molecule has 0 fully saturated rings. The standard InChI is InChI=1S/C33H45NO5/c1-3-4-5-6-7-8-9-10-11-12-13-14-15-16-17-22-32(35)39-30-24-23-27(25-31(30)38-2)26-34-29-21-19-18-20-28(29)33(36)37/h10-11,18-21,23-26H,3-9,12-17,22H2,1-2H3,(H,36,37)/b11-10-,34-26?. The first-order valence-corrected chi connectivity index (χ1v) is 14.4. The van der Waals surface area contributed by atoms with Crippen LogP contribution in [0.15, 0.2) is 59.6 Å². The molecule has 0 saturated heterocycles. The first-order valence-electron chi connectivity index (χ1n) is 14.4. The van der Waals surface area contributed by atoms with E-state index in [1.807, 2.05) is 0 Å². The minimum absolute atomic E-state index is 0.127. The zero-order chi connectivity index (χ0) is 28.1. The quantitative estimate of drug-likeness (QED) is 0.0601. The third-order valence-corrected chi connectivity index (χ3v) is 6.54. The van der Waals surface area contributed by atoms with Gasteiger partial charge in [0.15, 0.2) is 11.5 Å². The van der Waals surface area contributed by atoms with Gasteiger partial charge in [-0.05, 0) is 68.0 Å². The Morgan fingerprint density at radius 2 is 1.46 bits per heavy atom. The Kier molecular flexibility index (Phi) is 16.0. The topological polar surface area (TPSA) is 85.2 Å². The molecule has 39 heavy (non-hydrogen) atoms. The molecule has 0 spiro atoms. The van der Waals surface area contributed by atoms with Crippen LogP contribution in [0.2, 0.25) is 0 Å². The molecule has 0 atom stereocenters. The lowest BCUT2D eigenvalue weighted by atomic mass is 10.1. The van der Waals surface area contributed by atoms with Crippen molar-refractivity contribution < 1.29 is 24.2 Å². The zero-order valence-corrected chi connectivity index (χ0v) is 23.7. The van der Waals surface area contributed by atoms with Crippen LogP contribution >= 0.6 is 0 Å². The molecular weight excluding hydrogens is 490 g/mol. The highest BCUT2D eigenvalue weighted by molar-refractivity contribution is 5.95. The summed E-state index contributed by atoms with van der Waals surface area (Å²) in [6.07, 6.45) is 22.4. The number of methoxy groups -OCH3 is 1. The smallest absolute Gasteiger partial charge is 0.337 e. The highest BCUT2D eigenvalue weighted by Crippen LogP contribution is 2.28. The Morgan fingerprint density at radius 1 is 0.821 bits per heavy atom. The minimum Gasteiger partial charge on any atom is -0.493 e. The van der Waals surface area contributed by atoms with Crippen LogP contribution < -0.4 is 9.47 Å². The molecule has 212 valence electrons. The molecule has 2 aromatic carbocycles. The number of rotatable bonds is 20. The number of benzene rings is 2. The maximum absolute atomic E-state index is 12.3. The number of aromatic carboxylic acids is 1. The lowest BCUT2D eigenvalue weighted by Gasteiger charge is -2.10. The van der Waals surface area contributed by atoms with Crippen LogP contribution in [-0.4, -0.2) is 30.4 Å². The SMILES string of the molecule is CCCCCCCC/C=C\CCCCCCCC(=O)Oc1ccc(C=Nc2ccccc2C(=O)O)cc1OC. The fourth-order valence-corrected chi connectivity index (χ4v) is 4.27. The van der Waals surface area contributed by atoms with Gasteiger partial charge in [-0.2, -0.15) is 0 Å². The van der Waals surface area contributed by atoms with Gasteiger partial charge >= 0.3 is 11.9 Å². The van der Waals surface area contributed by atoms with Crippen LogP contribution in [0.1, 0.15) is 113 Å². The molecule has 2 aromatic rings. The van der Waals surface area contributed by atoms with Crippen molar-refractivity contribution in [3.63, 3.8) is 0 Å². The Balaban J connectivity index is 1.64. The predicted molar refractivity (Wildman–Crippen MR) is 159 cm³/mol. The molecule has 6 heteroatoms. The Labute approximate surface area is 234 Å². The maximum atomic E-state index is 12.3. The lowest BCUT2D eigenvalue weighted by molar-refractivity contribution is -0.134. The summed E-state index contributed by atoms with van der Waals surface area (Å²) < 4.78 is 10.9. The van der Waals surface area contributed by atoms with Crippen LogP contribution in [0.5, 0.6) is 11.5 Å². The van der Waals surface area contributed by atoms with Crippen molar-refractivity contribution >= 4 is 23.8 Å². The van der Waals surface area contributed by atoms with Crippen LogP contribution in [0.3, 0.4) is 0 Å². The number of nitrogens with zero attached hydrogens (tertiary/aromatic N) is 1. The van der Waals surface area contributed by atoms with Gasteiger partial charge in [0.25, 0.3) is 0 Å². The van der Waals surface area contributed by atoms with Gasteiger partial charge in [0.05, 0.1) is 18.4 Å². The first-order chi connectivity index (χ1) is 19.0. The monoisotopic (exact) mass is 535 g/mol. The van der Waals surface area contributed by atoms with Crippen molar-refractivity contribution in [2.24, 2.45) is 4.99 Å². The third-order valence-electron chi connectivity index (χ3n) is 6.54. The van der Waals surface area contributed by atoms with Crippen molar-refractivity contribution in [3.8, 4) is 11.5 Å². The van der Waals surface area contributed by atoms with Gasteiger partial charge in [-0.15, -0.1) is 0 Å². The lowest BCUT2D eigenvalue weighted by Crippen LogP contribution is -2.08. The van der Waals surface area contributed by atoms with Gasteiger partial charge in [0.2, 0.25) is 0 Å². The summed E-state index contributed by atoms with van der Waals surface area (Å²) in [5.74, 6) is -0.529. The number of carboxylic acid groups (broad SMARTS) is 1. The summed E-state index contributed by atoms with van der Waals surface area (Å²) in [7, 11) is 1.51. The molecule has 0 heterocycles. The van der Waals surface area contributed by atoms with Crippen LogP contribution in [0.4, 0.5) is 5.69 Å². The number of carboxylic acids is 1. The second kappa shape index (κ2) is 19.6. The van der Waals surface area contributed by atoms with Gasteiger partial charge in [0.1, 0.15) is 0 Å². The van der Waals surface area contributed by atoms with E-state index in [4.69, 9.17) is 9.47 Å². The molecule has 0 saturated carbocycles. The maximum Gasteiger partial charge on any atom is 0.337 e. The van der Waals surface area contributed by atoms with Crippen LogP contribution in [0.25, 0.3) is 0 Å². The first kappa shape index (κ1) is 31.8. The Hall–Kier alpha value is -3.41. The number of carbonyl (C=O) groups excluding carboxylic acids is 1. The highest BCUT2D eigenvalue weighted by atomic mass is 16.6. The van der Waals surface area contributed by atoms with Crippen molar-refractivity contribution in [2.75, 3.05) is 7.11 Å². The summed E-state index contributed by atoms with van der Waals surface area (Å²) >= 11 is 0. The predicted octanol–water partition coefficient (Wildman–Crippen LogP) is 9.09. The summed E-state index contributed by atoms with van der Waals surface area (Å²) in [6.45, 7) is 2.25. The second-order valence-corrected chi connectivity index (χ2v) is 9.80. The summed E-state index contributed by atoms with van der Waals surface area (Å²) in [5, 5.41) is 9.30. The molecule has 1 N–H and O–H groups in total. The molecule has 6 nitrogen and oxygen atoms in total. The molecule has 0 aromatic heterocycles. The normalized spacial score (nSPS) is 11.3. The molecule has 0 bridgehead atoms. The molecule has 0 unspecified atom stereocenters. The number of esters is 1. The highest BCUT2D eigenvalue weighted by Gasteiger charge is 2.11. The fraction of sp³-hybridized carbons (Fsp3) is 0.485. The number of para-hydroxylation sites is 1. The number of hydrogen-bond acceptors (Lipinski definition) is 5. The summed E-state index contributed by atoms with van der Waals surface area (Å²) in [6, 6.07) is 11.7. The van der Waals surface area contributed by atoms with E-state index < -0.39 is 5.97 Å². The van der Waals surface area contributed by atoms with Crippen LogP contribution in [-0.2, 0) is 4.79 Å². The van der Waals surface area contributed by atoms with E-state index in [0.29, 0.717) is 29.2 Å². The van der Waals surface area contributed by atoms with Gasteiger partial charge in [0, 0.05) is 12.6 Å². The van der Waals surface area contributed by atoms with Crippen LogP contribution in [0, 0.1) is 0 Å². The van der Waals surface area contributed by atoms with Crippen molar-refractivity contribution in [1.82, 2.24) is 0 Å². The average molecular weight is 536 g/mol. The van der Waals surface area contributed by atoms with Gasteiger partial charge in [-0.25, -0.2) is 4.79 Å². The van der Waals surface area contributed by atoms with Gasteiger partial charge in [-0.3, -0.25) is 9.79 Å². The Morgan fingerprint density at radius 3 is 2.13 bits per heavy atom. The van der Waals surface area contributed by atoms with E-state index in [1.165, 1.54) is 71.0 Å². The number of aliphatic imine (C=N–C) groups is 1. The van der Waals surface area contributed by atoms with Crippen molar-refractivity contribution in [3.05, 3.63) is 65.7 Å². The molecule has 0 aliphatic carbocycles. The largest absolute Gasteiger partial charge is 0.493 e. The van der Waals surface area contributed by atoms with Crippen molar-refractivity contribution in [2.45, 2.75) is 96.8 Å². The van der Waals surface area contributed by atoms with E-state index in [9.17, 15) is 14.7 Å².